The van der Waals surface area contributed by atoms with Gasteiger partial charge in [0, 0.05) is 36.7 Å². The molecule has 1 atom stereocenters. The van der Waals surface area contributed by atoms with Gasteiger partial charge in [-0.1, -0.05) is 12.1 Å². The maximum absolute atomic E-state index is 6.16. The van der Waals surface area contributed by atoms with Crippen LogP contribution < -0.4 is 9.47 Å². The van der Waals surface area contributed by atoms with Crippen LogP contribution in [-0.4, -0.2) is 49.1 Å². The first kappa shape index (κ1) is 17.9. The van der Waals surface area contributed by atoms with Crippen LogP contribution in [0.25, 0.3) is 10.9 Å². The molecule has 1 aliphatic heterocycles. The van der Waals surface area contributed by atoms with E-state index in [9.17, 15) is 0 Å². The average Bonchev–Trinajstić information content (AvgIpc) is 3.10. The molecule has 1 aliphatic rings. The van der Waals surface area contributed by atoms with Crippen molar-refractivity contribution in [3.8, 4) is 11.5 Å². The summed E-state index contributed by atoms with van der Waals surface area (Å²) in [4.78, 5) is 2.31. The maximum atomic E-state index is 6.16. The molecule has 0 saturated carbocycles. The third-order valence-electron chi connectivity index (χ3n) is 5.10. The highest BCUT2D eigenvalue weighted by molar-refractivity contribution is 5.81. The monoisotopic (exact) mass is 366 g/mol. The summed E-state index contributed by atoms with van der Waals surface area (Å²) in [5, 5.41) is 1.18. The number of nitrogens with zero attached hydrogens (tertiary/aromatic N) is 2. The molecule has 142 valence electrons. The molecule has 27 heavy (non-hydrogen) atoms. The summed E-state index contributed by atoms with van der Waals surface area (Å²) in [7, 11) is 1.70. The number of benzene rings is 2. The molecule has 1 fully saturated rings. The lowest BCUT2D eigenvalue weighted by atomic mass is 10.2. The fourth-order valence-electron chi connectivity index (χ4n) is 3.57. The normalized spacial score (nSPS) is 16.4. The van der Waals surface area contributed by atoms with Gasteiger partial charge in [-0.25, -0.2) is 0 Å². The summed E-state index contributed by atoms with van der Waals surface area (Å²) < 4.78 is 19.2. The van der Waals surface area contributed by atoms with Crippen molar-refractivity contribution in [2.75, 3.05) is 33.4 Å². The number of ether oxygens (including phenoxy) is 3. The molecule has 2 heterocycles. The van der Waals surface area contributed by atoms with Gasteiger partial charge in [-0.05, 0) is 48.9 Å². The zero-order chi connectivity index (χ0) is 18.6. The summed E-state index contributed by atoms with van der Waals surface area (Å²) in [6.07, 6.45) is 2.17. The summed E-state index contributed by atoms with van der Waals surface area (Å²) >= 11 is 0. The van der Waals surface area contributed by atoms with Gasteiger partial charge >= 0.3 is 0 Å². The number of fused-ring (bicyclic) bond motifs is 1. The second-order valence-electron chi connectivity index (χ2n) is 6.88. The van der Waals surface area contributed by atoms with Gasteiger partial charge in [0.2, 0.25) is 0 Å². The van der Waals surface area contributed by atoms with Crippen molar-refractivity contribution >= 4 is 10.9 Å². The van der Waals surface area contributed by atoms with Crippen molar-refractivity contribution in [3.05, 3.63) is 60.3 Å². The fraction of sp³-hybridized carbons (Fsp3) is 0.364. The molecular formula is C22H26N2O3. The Bertz CT molecular complexity index is 899. The number of morpholine rings is 1. The van der Waals surface area contributed by atoms with Crippen LogP contribution in [0.4, 0.5) is 0 Å². The molecule has 2 aromatic carbocycles. The Kier molecular flexibility index (Phi) is 5.32. The minimum absolute atomic E-state index is 0.0465. The number of rotatable bonds is 6. The minimum Gasteiger partial charge on any atom is -0.497 e. The van der Waals surface area contributed by atoms with Crippen LogP contribution in [0.5, 0.6) is 11.5 Å². The van der Waals surface area contributed by atoms with Crippen LogP contribution >= 0.6 is 0 Å². The molecule has 0 radical (unpaired) electrons. The third-order valence-corrected chi connectivity index (χ3v) is 5.10. The average molecular weight is 366 g/mol. The topological polar surface area (TPSA) is 35.9 Å². The first-order valence-electron chi connectivity index (χ1n) is 9.43. The molecule has 0 amide bonds. The zero-order valence-corrected chi connectivity index (χ0v) is 15.9. The lowest BCUT2D eigenvalue weighted by Crippen LogP contribution is -2.44. The summed E-state index contributed by atoms with van der Waals surface area (Å²) in [6, 6.07) is 16.6. The predicted molar refractivity (Wildman–Crippen MR) is 107 cm³/mol. The van der Waals surface area contributed by atoms with Crippen molar-refractivity contribution < 1.29 is 14.2 Å². The molecule has 1 aromatic heterocycles. The lowest BCUT2D eigenvalue weighted by molar-refractivity contribution is -0.0372. The quantitative estimate of drug-likeness (QED) is 0.666. The zero-order valence-electron chi connectivity index (χ0n) is 15.9. The molecule has 0 spiro atoms. The van der Waals surface area contributed by atoms with Crippen LogP contribution in [0.15, 0.2) is 54.7 Å². The molecule has 0 N–H and O–H groups in total. The van der Waals surface area contributed by atoms with E-state index in [1.165, 1.54) is 16.5 Å². The van der Waals surface area contributed by atoms with Crippen molar-refractivity contribution in [2.24, 2.45) is 0 Å². The first-order valence-corrected chi connectivity index (χ1v) is 9.43. The first-order chi connectivity index (χ1) is 13.2. The van der Waals surface area contributed by atoms with Crippen LogP contribution in [0, 0.1) is 0 Å². The van der Waals surface area contributed by atoms with E-state index in [0.717, 1.165) is 44.3 Å². The Morgan fingerprint density at radius 2 is 1.89 bits per heavy atom. The molecule has 5 nitrogen and oxygen atoms in total. The smallest absolute Gasteiger partial charge is 0.149 e. The van der Waals surface area contributed by atoms with Crippen LogP contribution in [0.2, 0.25) is 0 Å². The molecule has 1 unspecified atom stereocenters. The number of methoxy groups -OCH3 is 1. The summed E-state index contributed by atoms with van der Waals surface area (Å²) in [5.41, 5.74) is 2.41. The van der Waals surface area contributed by atoms with Gasteiger partial charge in [-0.15, -0.1) is 0 Å². The third kappa shape index (κ3) is 4.10. The van der Waals surface area contributed by atoms with Gasteiger partial charge in [0.05, 0.1) is 20.3 Å². The Balaban J connectivity index is 1.49. The van der Waals surface area contributed by atoms with Gasteiger partial charge in [-0.3, -0.25) is 4.90 Å². The van der Waals surface area contributed by atoms with E-state index in [-0.39, 0.29) is 6.23 Å². The molecule has 0 aliphatic carbocycles. The van der Waals surface area contributed by atoms with Gasteiger partial charge in [-0.2, -0.15) is 0 Å². The molecule has 1 saturated heterocycles. The summed E-state index contributed by atoms with van der Waals surface area (Å²) in [5.74, 6) is 1.79. The van der Waals surface area contributed by atoms with E-state index >= 15 is 0 Å². The standard InChI is InChI=1S/C22H26N2O3/c1-17(23-10-12-26-13-11-23)27-21-6-7-22-19(15-21)8-9-24(22)16-18-4-3-5-20(14-18)25-2/h3-9,14-15,17H,10-13,16H2,1-2H3. The molecule has 4 rings (SSSR count). The van der Waals surface area contributed by atoms with Crippen LogP contribution in [-0.2, 0) is 11.3 Å². The maximum Gasteiger partial charge on any atom is 0.149 e. The predicted octanol–water partition coefficient (Wildman–Crippen LogP) is 3.76. The number of hydrogen-bond acceptors (Lipinski definition) is 4. The number of hydrogen-bond donors (Lipinski definition) is 0. The van der Waals surface area contributed by atoms with E-state index in [1.807, 2.05) is 12.1 Å². The molecule has 5 heteroatoms. The lowest BCUT2D eigenvalue weighted by Gasteiger charge is -2.32. The molecule has 0 bridgehead atoms. The van der Waals surface area contributed by atoms with Crippen LogP contribution in [0.1, 0.15) is 12.5 Å². The molecular weight excluding hydrogens is 340 g/mol. The highest BCUT2D eigenvalue weighted by Gasteiger charge is 2.18. The van der Waals surface area contributed by atoms with E-state index in [0.29, 0.717) is 0 Å². The van der Waals surface area contributed by atoms with Gasteiger partial charge in [0.1, 0.15) is 17.7 Å². The van der Waals surface area contributed by atoms with Gasteiger partial charge in [0.15, 0.2) is 0 Å². The minimum atomic E-state index is 0.0465. The van der Waals surface area contributed by atoms with E-state index < -0.39 is 0 Å². The Hall–Kier alpha value is -2.50. The Morgan fingerprint density at radius 1 is 1.04 bits per heavy atom. The van der Waals surface area contributed by atoms with Crippen molar-refractivity contribution in [1.29, 1.82) is 0 Å². The Labute approximate surface area is 160 Å². The van der Waals surface area contributed by atoms with Crippen molar-refractivity contribution in [2.45, 2.75) is 19.7 Å². The highest BCUT2D eigenvalue weighted by atomic mass is 16.5. The van der Waals surface area contributed by atoms with E-state index in [2.05, 4.69) is 59.0 Å². The molecule has 3 aromatic rings. The van der Waals surface area contributed by atoms with E-state index in [1.54, 1.807) is 7.11 Å². The Morgan fingerprint density at radius 3 is 2.70 bits per heavy atom. The van der Waals surface area contributed by atoms with Crippen LogP contribution in [0.3, 0.4) is 0 Å². The SMILES string of the molecule is COc1cccc(Cn2ccc3cc(OC(C)N4CCOCC4)ccc32)c1. The second kappa shape index (κ2) is 8.03. The van der Waals surface area contributed by atoms with Crippen molar-refractivity contribution in [3.63, 3.8) is 0 Å². The number of aromatic nitrogens is 1. The second-order valence-corrected chi connectivity index (χ2v) is 6.88. The highest BCUT2D eigenvalue weighted by Crippen LogP contribution is 2.25. The van der Waals surface area contributed by atoms with E-state index in [4.69, 9.17) is 14.2 Å². The fourth-order valence-corrected chi connectivity index (χ4v) is 3.57. The van der Waals surface area contributed by atoms with Gasteiger partial charge in [0.25, 0.3) is 0 Å². The largest absolute Gasteiger partial charge is 0.497 e. The van der Waals surface area contributed by atoms with Gasteiger partial charge < -0.3 is 18.8 Å². The summed E-state index contributed by atoms with van der Waals surface area (Å²) in [6.45, 7) is 6.30. The van der Waals surface area contributed by atoms with Crippen molar-refractivity contribution in [1.82, 2.24) is 9.47 Å².